The third kappa shape index (κ3) is 2.58. The fourth-order valence-corrected chi connectivity index (χ4v) is 0.278. The van der Waals surface area contributed by atoms with Crippen LogP contribution in [-0.2, 0) is 0 Å². The molecule has 36 valence electrons. The van der Waals surface area contributed by atoms with Crippen LogP contribution in [-0.4, -0.2) is 4.98 Å². The van der Waals surface area contributed by atoms with Gasteiger partial charge in [-0.3, -0.25) is 0 Å². The van der Waals surface area contributed by atoms with Crippen molar-refractivity contribution >= 4 is 0 Å². The SMILES string of the molecule is [C-]#N.c1cc[nH]c1. The Bertz CT molecular complexity index is 89.7. The Balaban J connectivity index is 0.000000162. The zero-order chi connectivity index (χ0) is 5.54. The quantitative estimate of drug-likeness (QED) is 0.479. The van der Waals surface area contributed by atoms with Crippen molar-refractivity contribution in [2.45, 2.75) is 0 Å². The summed E-state index contributed by atoms with van der Waals surface area (Å²) in [6, 6.07) is 3.89. The van der Waals surface area contributed by atoms with E-state index in [4.69, 9.17) is 11.8 Å². The van der Waals surface area contributed by atoms with Crippen LogP contribution in [0.1, 0.15) is 0 Å². The Hall–Kier alpha value is -1.23. The van der Waals surface area contributed by atoms with E-state index in [1.54, 1.807) is 0 Å². The summed E-state index contributed by atoms with van der Waals surface area (Å²) in [7, 11) is 0. The first-order valence-corrected chi connectivity index (χ1v) is 1.80. The van der Waals surface area contributed by atoms with E-state index >= 15 is 0 Å². The summed E-state index contributed by atoms with van der Waals surface area (Å²) in [5.41, 5.74) is 0. The van der Waals surface area contributed by atoms with Gasteiger partial charge in [0.2, 0.25) is 0 Å². The highest BCUT2D eigenvalue weighted by molar-refractivity contribution is 4.84. The highest BCUT2D eigenvalue weighted by Crippen LogP contribution is 1.72. The van der Waals surface area contributed by atoms with Gasteiger partial charge in [0.15, 0.2) is 0 Å². The second kappa shape index (κ2) is 4.77. The molecule has 1 rings (SSSR count). The van der Waals surface area contributed by atoms with Crippen molar-refractivity contribution in [1.29, 1.82) is 5.26 Å². The average Bonchev–Trinajstić information content (AvgIpc) is 2.23. The molecule has 7 heavy (non-hydrogen) atoms. The van der Waals surface area contributed by atoms with Gasteiger partial charge in [0.25, 0.3) is 0 Å². The smallest absolute Gasteiger partial charge is 0.000496 e. The van der Waals surface area contributed by atoms with Crippen molar-refractivity contribution in [3.8, 4) is 0 Å². The van der Waals surface area contributed by atoms with Crippen molar-refractivity contribution in [3.63, 3.8) is 0 Å². The largest absolute Gasteiger partial charge is 0.512 e. The first-order chi connectivity index (χ1) is 3.50. The molecular weight excluding hydrogens is 88.1 g/mol. The highest BCUT2D eigenvalue weighted by atomic mass is 14.6. The van der Waals surface area contributed by atoms with Crippen LogP contribution < -0.4 is 0 Å². The molecule has 0 aliphatic rings. The lowest BCUT2D eigenvalue weighted by Crippen LogP contribution is -1.38. The monoisotopic (exact) mass is 93.0 g/mol. The molecule has 0 atom stereocenters. The number of rotatable bonds is 0. The molecule has 0 unspecified atom stereocenters. The number of H-pyrrole nitrogens is 1. The zero-order valence-corrected chi connectivity index (χ0v) is 3.76. The van der Waals surface area contributed by atoms with Crippen LogP contribution in [0.2, 0.25) is 0 Å². The second-order valence-electron chi connectivity index (χ2n) is 0.885. The predicted molar refractivity (Wildman–Crippen MR) is 25.8 cm³/mol. The van der Waals surface area contributed by atoms with Gasteiger partial charge in [-0.25, -0.2) is 0 Å². The summed E-state index contributed by atoms with van der Waals surface area (Å²) in [5.74, 6) is 0. The molecule has 0 saturated heterocycles. The maximum Gasteiger partial charge on any atom is 0.000496 e. The minimum atomic E-state index is 1.88. The van der Waals surface area contributed by atoms with Gasteiger partial charge in [0, 0.05) is 12.4 Å². The molecule has 2 heteroatoms. The van der Waals surface area contributed by atoms with Crippen LogP contribution in [0.4, 0.5) is 0 Å². The van der Waals surface area contributed by atoms with Crippen LogP contribution in [0.5, 0.6) is 0 Å². The van der Waals surface area contributed by atoms with Crippen LogP contribution in [0.3, 0.4) is 0 Å². The molecule has 1 aromatic rings. The number of nitrogens with zero attached hydrogens (tertiary/aromatic N) is 1. The Morgan fingerprint density at radius 1 is 1.14 bits per heavy atom. The van der Waals surface area contributed by atoms with Gasteiger partial charge in [-0.1, -0.05) is 0 Å². The molecule has 0 aromatic carbocycles. The number of hydrogen-bond acceptors (Lipinski definition) is 1. The van der Waals surface area contributed by atoms with Gasteiger partial charge in [0.05, 0.1) is 0 Å². The minimum absolute atomic E-state index is 1.88. The predicted octanol–water partition coefficient (Wildman–Crippen LogP) is 1.11. The summed E-state index contributed by atoms with van der Waals surface area (Å²) in [6.45, 7) is 4.75. The van der Waals surface area contributed by atoms with Crippen LogP contribution in [0, 0.1) is 11.8 Å². The van der Waals surface area contributed by atoms with E-state index in [0.717, 1.165) is 0 Å². The molecule has 0 fully saturated rings. The van der Waals surface area contributed by atoms with E-state index in [0.29, 0.717) is 0 Å². The van der Waals surface area contributed by atoms with E-state index in [-0.39, 0.29) is 0 Å². The van der Waals surface area contributed by atoms with Crippen molar-refractivity contribution in [2.75, 3.05) is 0 Å². The van der Waals surface area contributed by atoms with Crippen molar-refractivity contribution in [2.24, 2.45) is 0 Å². The topological polar surface area (TPSA) is 39.6 Å². The number of hydrogen-bond donors (Lipinski definition) is 1. The Kier molecular flexibility index (Phi) is 3.93. The molecule has 1 aromatic heterocycles. The standard InChI is InChI=1S/C4H5N.CN/c1-2-4-5-3-1;1-2/h1-5H;/q;-1. The van der Waals surface area contributed by atoms with Crippen LogP contribution >= 0.6 is 0 Å². The highest BCUT2D eigenvalue weighted by Gasteiger charge is 1.55. The van der Waals surface area contributed by atoms with Gasteiger partial charge in [-0.05, 0) is 12.1 Å². The van der Waals surface area contributed by atoms with E-state index in [2.05, 4.69) is 4.98 Å². The van der Waals surface area contributed by atoms with Crippen molar-refractivity contribution in [3.05, 3.63) is 31.1 Å². The van der Waals surface area contributed by atoms with Gasteiger partial charge in [0.1, 0.15) is 0 Å². The lowest BCUT2D eigenvalue weighted by Gasteiger charge is -1.49. The number of aromatic nitrogens is 1. The summed E-state index contributed by atoms with van der Waals surface area (Å²) in [5, 5.41) is 6.25. The zero-order valence-electron chi connectivity index (χ0n) is 3.76. The number of nitrogens with one attached hydrogen (secondary N) is 1. The normalized spacial score (nSPS) is 6.00. The Morgan fingerprint density at radius 3 is 1.71 bits per heavy atom. The summed E-state index contributed by atoms with van der Waals surface area (Å²) in [4.78, 5) is 2.86. The molecule has 0 amide bonds. The lowest BCUT2D eigenvalue weighted by molar-refractivity contribution is 1.42. The van der Waals surface area contributed by atoms with Gasteiger partial charge >= 0.3 is 0 Å². The van der Waals surface area contributed by atoms with Crippen molar-refractivity contribution < 1.29 is 0 Å². The summed E-state index contributed by atoms with van der Waals surface area (Å²) < 4.78 is 0. The molecule has 0 spiro atoms. The van der Waals surface area contributed by atoms with Crippen molar-refractivity contribution in [1.82, 2.24) is 4.98 Å². The fourth-order valence-electron chi connectivity index (χ4n) is 0.278. The van der Waals surface area contributed by atoms with Gasteiger partial charge in [-0.15, -0.1) is 0 Å². The first kappa shape index (κ1) is 5.77. The lowest BCUT2D eigenvalue weighted by atomic mass is 10.7. The molecule has 1 heterocycles. The Labute approximate surface area is 42.4 Å². The summed E-state index contributed by atoms with van der Waals surface area (Å²) in [6.07, 6.45) is 3.75. The van der Waals surface area contributed by atoms with E-state index in [1.165, 1.54) is 0 Å². The average molecular weight is 93.1 g/mol. The third-order valence-corrected chi connectivity index (χ3v) is 0.496. The maximum absolute atomic E-state index is 6.25. The van der Waals surface area contributed by atoms with Crippen LogP contribution in [0.25, 0.3) is 0 Å². The molecular formula is C5H5N2-. The Morgan fingerprint density at radius 2 is 1.57 bits per heavy atom. The fraction of sp³-hybridized carbons (Fsp3) is 0. The molecule has 0 bridgehead atoms. The minimum Gasteiger partial charge on any atom is -0.512 e. The second-order valence-corrected chi connectivity index (χ2v) is 0.885. The third-order valence-electron chi connectivity index (χ3n) is 0.496. The van der Waals surface area contributed by atoms with Crippen LogP contribution in [0.15, 0.2) is 24.5 Å². The van der Waals surface area contributed by atoms with E-state index in [9.17, 15) is 0 Å². The molecule has 1 N–H and O–H groups in total. The van der Waals surface area contributed by atoms with E-state index < -0.39 is 0 Å². The molecule has 2 nitrogen and oxygen atoms in total. The molecule has 0 saturated carbocycles. The van der Waals surface area contributed by atoms with Gasteiger partial charge in [-0.2, -0.15) is 0 Å². The summed E-state index contributed by atoms with van der Waals surface area (Å²) >= 11 is 0. The maximum atomic E-state index is 6.25. The number of aromatic amines is 1. The molecule has 0 aliphatic heterocycles. The first-order valence-electron chi connectivity index (χ1n) is 1.80. The van der Waals surface area contributed by atoms with E-state index in [1.807, 2.05) is 24.5 Å². The molecule has 0 aliphatic carbocycles. The van der Waals surface area contributed by atoms with Gasteiger partial charge < -0.3 is 16.8 Å². The molecule has 0 radical (unpaired) electrons.